The molecule has 0 heterocycles. The Morgan fingerprint density at radius 2 is 1.67 bits per heavy atom. The molecule has 0 aromatic heterocycles. The van der Waals surface area contributed by atoms with Crippen molar-refractivity contribution >= 4 is 40.5 Å². The van der Waals surface area contributed by atoms with Crippen LogP contribution in [0, 0.1) is 5.92 Å². The molecule has 0 aliphatic heterocycles. The summed E-state index contributed by atoms with van der Waals surface area (Å²) in [5, 5.41) is 14.7. The maximum Gasteiger partial charge on any atom is 0.0904 e. The van der Waals surface area contributed by atoms with Crippen molar-refractivity contribution in [3.8, 4) is 0 Å². The third kappa shape index (κ3) is 3.03. The molecule has 1 fully saturated rings. The Morgan fingerprint density at radius 3 is 2.29 bits per heavy atom. The van der Waals surface area contributed by atoms with Crippen molar-refractivity contribution in [3.63, 3.8) is 0 Å². The van der Waals surface area contributed by atoms with E-state index in [0.29, 0.717) is 20.8 Å². The molecule has 108 valence electrons. The molecular formula is C16H12Cl3NO. The van der Waals surface area contributed by atoms with E-state index in [9.17, 15) is 5.21 Å². The van der Waals surface area contributed by atoms with Gasteiger partial charge in [0.15, 0.2) is 0 Å². The highest BCUT2D eigenvalue weighted by atomic mass is 35.5. The van der Waals surface area contributed by atoms with Gasteiger partial charge in [0, 0.05) is 21.0 Å². The lowest BCUT2D eigenvalue weighted by Gasteiger charge is -2.06. The van der Waals surface area contributed by atoms with Crippen LogP contribution in [0.4, 0.5) is 0 Å². The van der Waals surface area contributed by atoms with Gasteiger partial charge in [0.2, 0.25) is 0 Å². The minimum atomic E-state index is 0.162. The van der Waals surface area contributed by atoms with Gasteiger partial charge in [-0.15, -0.1) is 0 Å². The van der Waals surface area contributed by atoms with Crippen LogP contribution >= 0.6 is 34.8 Å². The molecule has 21 heavy (non-hydrogen) atoms. The standard InChI is InChI=1S/C16H12Cl3NO/c17-10-3-1-9(2-4-10)16(20-21)14-8-13(14)12-6-5-11(18)7-15(12)19/h1-7,13-14,21H,8H2/t13-,14+/m1/s1. The van der Waals surface area contributed by atoms with Crippen LogP contribution in [0.5, 0.6) is 0 Å². The molecule has 2 aromatic carbocycles. The second-order valence-corrected chi connectivity index (χ2v) is 6.39. The Hall–Kier alpha value is -1.22. The molecule has 5 heteroatoms. The third-order valence-electron chi connectivity index (χ3n) is 3.75. The lowest BCUT2D eigenvalue weighted by Crippen LogP contribution is -2.05. The van der Waals surface area contributed by atoms with E-state index in [2.05, 4.69) is 5.16 Å². The fourth-order valence-electron chi connectivity index (χ4n) is 2.61. The van der Waals surface area contributed by atoms with E-state index < -0.39 is 0 Å². The molecule has 2 atom stereocenters. The van der Waals surface area contributed by atoms with Crippen LogP contribution in [0.2, 0.25) is 15.1 Å². The molecule has 1 aliphatic rings. The first kappa shape index (κ1) is 14.7. The zero-order valence-corrected chi connectivity index (χ0v) is 13.2. The summed E-state index contributed by atoms with van der Waals surface area (Å²) in [5.74, 6) is 0.422. The first-order chi connectivity index (χ1) is 10.1. The summed E-state index contributed by atoms with van der Waals surface area (Å²) in [6.45, 7) is 0. The van der Waals surface area contributed by atoms with Crippen LogP contribution in [-0.4, -0.2) is 10.9 Å². The summed E-state index contributed by atoms with van der Waals surface area (Å²) in [7, 11) is 0. The molecule has 1 N–H and O–H groups in total. The van der Waals surface area contributed by atoms with Crippen molar-refractivity contribution in [2.24, 2.45) is 11.1 Å². The Balaban J connectivity index is 1.84. The quantitative estimate of drug-likeness (QED) is 0.438. The Bertz CT molecular complexity index is 697. The summed E-state index contributed by atoms with van der Waals surface area (Å²) >= 11 is 18.0. The van der Waals surface area contributed by atoms with E-state index in [-0.39, 0.29) is 11.8 Å². The summed E-state index contributed by atoms with van der Waals surface area (Å²) in [6, 6.07) is 12.8. The largest absolute Gasteiger partial charge is 0.411 e. The number of benzene rings is 2. The summed E-state index contributed by atoms with van der Waals surface area (Å²) in [4.78, 5) is 0. The molecular weight excluding hydrogens is 329 g/mol. The van der Waals surface area contributed by atoms with Crippen molar-refractivity contribution in [1.82, 2.24) is 0 Å². The second-order valence-electron chi connectivity index (χ2n) is 5.11. The Morgan fingerprint density at radius 1 is 1.00 bits per heavy atom. The van der Waals surface area contributed by atoms with Gasteiger partial charge in [0.1, 0.15) is 0 Å². The minimum Gasteiger partial charge on any atom is -0.411 e. The fraction of sp³-hybridized carbons (Fsp3) is 0.188. The minimum absolute atomic E-state index is 0.162. The van der Waals surface area contributed by atoms with Crippen LogP contribution in [0.1, 0.15) is 23.5 Å². The average Bonchev–Trinajstić information content (AvgIpc) is 3.22. The zero-order valence-electron chi connectivity index (χ0n) is 10.9. The molecule has 0 radical (unpaired) electrons. The lowest BCUT2D eigenvalue weighted by atomic mass is 10.0. The molecule has 0 amide bonds. The van der Waals surface area contributed by atoms with Gasteiger partial charge in [-0.1, -0.05) is 58.2 Å². The molecule has 2 aromatic rings. The number of hydrogen-bond donors (Lipinski definition) is 1. The molecule has 0 saturated heterocycles. The van der Waals surface area contributed by atoms with E-state index >= 15 is 0 Å². The first-order valence-electron chi connectivity index (χ1n) is 6.53. The van der Waals surface area contributed by atoms with Gasteiger partial charge in [-0.2, -0.15) is 0 Å². The van der Waals surface area contributed by atoms with Crippen LogP contribution in [0.15, 0.2) is 47.6 Å². The van der Waals surface area contributed by atoms with E-state index in [4.69, 9.17) is 34.8 Å². The molecule has 2 nitrogen and oxygen atoms in total. The van der Waals surface area contributed by atoms with E-state index in [1.165, 1.54) is 0 Å². The maximum atomic E-state index is 9.34. The smallest absolute Gasteiger partial charge is 0.0904 e. The summed E-state index contributed by atoms with van der Waals surface area (Å²) in [6.07, 6.45) is 0.906. The maximum absolute atomic E-state index is 9.34. The number of halogens is 3. The van der Waals surface area contributed by atoms with Crippen molar-refractivity contribution < 1.29 is 5.21 Å². The van der Waals surface area contributed by atoms with Gasteiger partial charge in [0.25, 0.3) is 0 Å². The monoisotopic (exact) mass is 339 g/mol. The van der Waals surface area contributed by atoms with Crippen molar-refractivity contribution in [1.29, 1.82) is 0 Å². The van der Waals surface area contributed by atoms with Gasteiger partial charge in [-0.25, -0.2) is 0 Å². The molecule has 0 spiro atoms. The van der Waals surface area contributed by atoms with E-state index in [1.54, 1.807) is 18.2 Å². The SMILES string of the molecule is ON=C(c1ccc(Cl)cc1)[C@H]1C[C@@H]1c1ccc(Cl)cc1Cl. The second kappa shape index (κ2) is 5.88. The van der Waals surface area contributed by atoms with Crippen LogP contribution in [0.3, 0.4) is 0 Å². The van der Waals surface area contributed by atoms with Gasteiger partial charge >= 0.3 is 0 Å². The zero-order chi connectivity index (χ0) is 15.0. The van der Waals surface area contributed by atoms with E-state index in [0.717, 1.165) is 17.5 Å². The molecule has 0 unspecified atom stereocenters. The molecule has 1 aliphatic carbocycles. The molecule has 1 saturated carbocycles. The topological polar surface area (TPSA) is 32.6 Å². The predicted molar refractivity (Wildman–Crippen MR) is 87.1 cm³/mol. The number of oxime groups is 1. The predicted octanol–water partition coefficient (Wildman–Crippen LogP) is 5.63. The Labute approximate surface area is 137 Å². The third-order valence-corrected chi connectivity index (χ3v) is 4.57. The fourth-order valence-corrected chi connectivity index (χ4v) is 3.28. The van der Waals surface area contributed by atoms with Crippen LogP contribution in [0.25, 0.3) is 0 Å². The lowest BCUT2D eigenvalue weighted by molar-refractivity contribution is 0.317. The van der Waals surface area contributed by atoms with Crippen molar-refractivity contribution in [2.75, 3.05) is 0 Å². The number of rotatable bonds is 3. The summed E-state index contributed by atoms with van der Waals surface area (Å²) in [5.41, 5.74) is 2.59. The number of hydrogen-bond acceptors (Lipinski definition) is 2. The highest BCUT2D eigenvalue weighted by molar-refractivity contribution is 6.35. The molecule has 3 rings (SSSR count). The van der Waals surface area contributed by atoms with Gasteiger partial charge in [-0.3, -0.25) is 0 Å². The molecule has 0 bridgehead atoms. The van der Waals surface area contributed by atoms with Gasteiger partial charge < -0.3 is 5.21 Å². The number of nitrogens with zero attached hydrogens (tertiary/aromatic N) is 1. The van der Waals surface area contributed by atoms with Crippen molar-refractivity contribution in [2.45, 2.75) is 12.3 Å². The highest BCUT2D eigenvalue weighted by Gasteiger charge is 2.43. The van der Waals surface area contributed by atoms with Gasteiger partial charge in [0.05, 0.1) is 5.71 Å². The average molecular weight is 341 g/mol. The highest BCUT2D eigenvalue weighted by Crippen LogP contribution is 2.51. The normalized spacial score (nSPS) is 21.4. The van der Waals surface area contributed by atoms with Gasteiger partial charge in [-0.05, 0) is 47.7 Å². The van der Waals surface area contributed by atoms with Crippen molar-refractivity contribution in [3.05, 3.63) is 68.7 Å². The summed E-state index contributed by atoms with van der Waals surface area (Å²) < 4.78 is 0. The first-order valence-corrected chi connectivity index (χ1v) is 7.66. The Kier molecular flexibility index (Phi) is 4.12. The van der Waals surface area contributed by atoms with E-state index in [1.807, 2.05) is 24.3 Å². The van der Waals surface area contributed by atoms with Crippen LogP contribution < -0.4 is 0 Å². The van der Waals surface area contributed by atoms with Crippen LogP contribution in [-0.2, 0) is 0 Å².